The molecule has 146 valence electrons. The zero-order valence-electron chi connectivity index (χ0n) is 15.5. The number of aromatic amines is 1. The standard InChI is InChI=1S/C23H14Cl2N4O/c24-16-9-7-14(8-10-16)21-18(15-3-1-4-17(25)11-15)5-2-6-20(21)29-22-19(12-28-29)23(30)27-13-26-22/h1-13H,(H,26,27,30). The maximum absolute atomic E-state index is 12.2. The Hall–Kier alpha value is -3.41. The highest BCUT2D eigenvalue weighted by atomic mass is 35.5. The number of aromatic nitrogens is 4. The molecule has 3 aromatic carbocycles. The fourth-order valence-electron chi connectivity index (χ4n) is 3.57. The van der Waals surface area contributed by atoms with Crippen molar-refractivity contribution >= 4 is 34.2 Å². The molecular formula is C23H14Cl2N4O. The van der Waals surface area contributed by atoms with Gasteiger partial charge in [-0.15, -0.1) is 0 Å². The first kappa shape index (κ1) is 18.6. The smallest absolute Gasteiger partial charge is 0.261 e. The van der Waals surface area contributed by atoms with E-state index in [1.165, 1.54) is 12.5 Å². The van der Waals surface area contributed by atoms with Gasteiger partial charge in [-0.3, -0.25) is 4.79 Å². The van der Waals surface area contributed by atoms with E-state index in [0.29, 0.717) is 21.1 Å². The van der Waals surface area contributed by atoms with Crippen molar-refractivity contribution in [1.82, 2.24) is 19.7 Å². The van der Waals surface area contributed by atoms with E-state index in [2.05, 4.69) is 15.1 Å². The van der Waals surface area contributed by atoms with E-state index >= 15 is 0 Å². The number of benzene rings is 3. The first-order valence-corrected chi connectivity index (χ1v) is 9.94. The van der Waals surface area contributed by atoms with E-state index in [0.717, 1.165) is 27.9 Å². The van der Waals surface area contributed by atoms with Crippen LogP contribution in [0.2, 0.25) is 10.0 Å². The molecule has 0 bridgehead atoms. The molecule has 2 heterocycles. The van der Waals surface area contributed by atoms with Crippen LogP contribution in [-0.4, -0.2) is 19.7 Å². The van der Waals surface area contributed by atoms with Crippen molar-refractivity contribution < 1.29 is 0 Å². The molecule has 30 heavy (non-hydrogen) atoms. The molecule has 5 aromatic rings. The Morgan fingerprint density at radius 2 is 1.67 bits per heavy atom. The van der Waals surface area contributed by atoms with Gasteiger partial charge in [0.15, 0.2) is 5.65 Å². The van der Waals surface area contributed by atoms with Crippen LogP contribution in [0, 0.1) is 0 Å². The fraction of sp³-hybridized carbons (Fsp3) is 0. The Bertz CT molecular complexity index is 1440. The zero-order valence-corrected chi connectivity index (χ0v) is 17.0. The molecule has 0 spiro atoms. The molecule has 5 nitrogen and oxygen atoms in total. The number of hydrogen-bond donors (Lipinski definition) is 1. The van der Waals surface area contributed by atoms with Gasteiger partial charge in [0.1, 0.15) is 5.39 Å². The first-order chi connectivity index (χ1) is 14.6. The largest absolute Gasteiger partial charge is 0.312 e. The fourth-order valence-corrected chi connectivity index (χ4v) is 3.88. The Morgan fingerprint density at radius 1 is 0.867 bits per heavy atom. The van der Waals surface area contributed by atoms with Crippen molar-refractivity contribution in [2.45, 2.75) is 0 Å². The van der Waals surface area contributed by atoms with Crippen molar-refractivity contribution in [2.75, 3.05) is 0 Å². The van der Waals surface area contributed by atoms with Crippen LogP contribution < -0.4 is 5.56 Å². The zero-order chi connectivity index (χ0) is 20.7. The number of nitrogens with zero attached hydrogens (tertiary/aromatic N) is 3. The molecular weight excluding hydrogens is 419 g/mol. The highest BCUT2D eigenvalue weighted by Gasteiger charge is 2.17. The third-order valence-electron chi connectivity index (χ3n) is 4.91. The van der Waals surface area contributed by atoms with E-state index in [-0.39, 0.29) is 5.56 Å². The second-order valence-corrected chi connectivity index (χ2v) is 7.62. The molecule has 2 aromatic heterocycles. The molecule has 0 aliphatic heterocycles. The maximum Gasteiger partial charge on any atom is 0.261 e. The van der Waals surface area contributed by atoms with Crippen molar-refractivity contribution in [3.05, 3.63) is 99.7 Å². The van der Waals surface area contributed by atoms with Crippen LogP contribution in [0.25, 0.3) is 39.0 Å². The molecule has 1 N–H and O–H groups in total. The minimum atomic E-state index is -0.231. The second kappa shape index (κ2) is 7.44. The molecule has 0 aliphatic carbocycles. The van der Waals surface area contributed by atoms with Crippen LogP contribution in [0.15, 0.2) is 84.0 Å². The molecule has 0 atom stereocenters. The summed E-state index contributed by atoms with van der Waals surface area (Å²) in [6.07, 6.45) is 2.91. The summed E-state index contributed by atoms with van der Waals surface area (Å²) in [5, 5.41) is 6.19. The normalized spacial score (nSPS) is 11.1. The van der Waals surface area contributed by atoms with Crippen LogP contribution in [-0.2, 0) is 0 Å². The van der Waals surface area contributed by atoms with Crippen LogP contribution in [0.5, 0.6) is 0 Å². The number of hydrogen-bond acceptors (Lipinski definition) is 3. The van der Waals surface area contributed by atoms with Gasteiger partial charge in [0.05, 0.1) is 18.2 Å². The van der Waals surface area contributed by atoms with Gasteiger partial charge in [-0.05, 0) is 47.0 Å². The van der Waals surface area contributed by atoms with E-state index < -0.39 is 0 Å². The predicted octanol–water partition coefficient (Wildman–Crippen LogP) is 5.75. The Labute approximate surface area is 181 Å². The Balaban J connectivity index is 1.85. The Kier molecular flexibility index (Phi) is 4.62. The lowest BCUT2D eigenvalue weighted by Gasteiger charge is -2.16. The van der Waals surface area contributed by atoms with Gasteiger partial charge in [-0.25, -0.2) is 9.67 Å². The van der Waals surface area contributed by atoms with Gasteiger partial charge in [0.25, 0.3) is 5.56 Å². The number of rotatable bonds is 3. The molecule has 0 saturated carbocycles. The number of halogens is 2. The van der Waals surface area contributed by atoms with Gasteiger partial charge < -0.3 is 4.98 Å². The summed E-state index contributed by atoms with van der Waals surface area (Å²) < 4.78 is 1.68. The summed E-state index contributed by atoms with van der Waals surface area (Å²) >= 11 is 12.4. The van der Waals surface area contributed by atoms with Crippen molar-refractivity contribution in [3.63, 3.8) is 0 Å². The highest BCUT2D eigenvalue weighted by molar-refractivity contribution is 6.31. The molecule has 5 rings (SSSR count). The van der Waals surface area contributed by atoms with Crippen LogP contribution in [0.4, 0.5) is 0 Å². The summed E-state index contributed by atoms with van der Waals surface area (Å²) in [6.45, 7) is 0. The molecule has 0 amide bonds. The van der Waals surface area contributed by atoms with E-state index in [1.54, 1.807) is 4.68 Å². The van der Waals surface area contributed by atoms with Crippen LogP contribution in [0.1, 0.15) is 0 Å². The Morgan fingerprint density at radius 3 is 2.47 bits per heavy atom. The van der Waals surface area contributed by atoms with Gasteiger partial charge in [0, 0.05) is 15.6 Å². The third-order valence-corrected chi connectivity index (χ3v) is 5.40. The van der Waals surface area contributed by atoms with Gasteiger partial charge in [-0.1, -0.05) is 59.6 Å². The average molecular weight is 433 g/mol. The van der Waals surface area contributed by atoms with E-state index in [9.17, 15) is 4.79 Å². The predicted molar refractivity (Wildman–Crippen MR) is 120 cm³/mol. The summed E-state index contributed by atoms with van der Waals surface area (Å²) in [5.74, 6) is 0. The lowest BCUT2D eigenvalue weighted by molar-refractivity contribution is 0.896. The summed E-state index contributed by atoms with van der Waals surface area (Å²) in [6, 6.07) is 21.2. The van der Waals surface area contributed by atoms with Gasteiger partial charge in [0.2, 0.25) is 0 Å². The SMILES string of the molecule is O=c1[nH]cnc2c1cnn2-c1cccc(-c2cccc(Cl)c2)c1-c1ccc(Cl)cc1. The number of fused-ring (bicyclic) bond motifs is 1. The molecule has 0 unspecified atom stereocenters. The monoisotopic (exact) mass is 432 g/mol. The van der Waals surface area contributed by atoms with Crippen molar-refractivity contribution in [1.29, 1.82) is 0 Å². The number of nitrogens with one attached hydrogen (secondary N) is 1. The summed E-state index contributed by atoms with van der Waals surface area (Å²) in [4.78, 5) is 19.1. The minimum Gasteiger partial charge on any atom is -0.312 e. The third kappa shape index (κ3) is 3.18. The van der Waals surface area contributed by atoms with Gasteiger partial charge >= 0.3 is 0 Å². The average Bonchev–Trinajstić information content (AvgIpc) is 3.19. The van der Waals surface area contributed by atoms with Crippen molar-refractivity contribution in [2.24, 2.45) is 0 Å². The van der Waals surface area contributed by atoms with Crippen LogP contribution >= 0.6 is 23.2 Å². The molecule has 0 aliphatic rings. The molecule has 7 heteroatoms. The van der Waals surface area contributed by atoms with E-state index in [4.69, 9.17) is 23.2 Å². The minimum absolute atomic E-state index is 0.231. The molecule has 0 fully saturated rings. The van der Waals surface area contributed by atoms with Crippen LogP contribution in [0.3, 0.4) is 0 Å². The number of H-pyrrole nitrogens is 1. The lowest BCUT2D eigenvalue weighted by Crippen LogP contribution is -2.07. The maximum atomic E-state index is 12.2. The van der Waals surface area contributed by atoms with Crippen molar-refractivity contribution in [3.8, 4) is 27.9 Å². The molecule has 0 radical (unpaired) electrons. The molecule has 0 saturated heterocycles. The highest BCUT2D eigenvalue weighted by Crippen LogP contribution is 2.38. The summed E-state index contributed by atoms with van der Waals surface area (Å²) in [5.41, 5.74) is 4.88. The van der Waals surface area contributed by atoms with Gasteiger partial charge in [-0.2, -0.15) is 5.10 Å². The first-order valence-electron chi connectivity index (χ1n) is 9.18. The quantitative estimate of drug-likeness (QED) is 0.394. The summed E-state index contributed by atoms with van der Waals surface area (Å²) in [7, 11) is 0. The second-order valence-electron chi connectivity index (χ2n) is 6.74. The lowest BCUT2D eigenvalue weighted by atomic mass is 9.93. The van der Waals surface area contributed by atoms with E-state index in [1.807, 2.05) is 66.7 Å². The topological polar surface area (TPSA) is 63.6 Å².